The summed E-state index contributed by atoms with van der Waals surface area (Å²) in [4.78, 5) is 34.5. The number of carbonyl (C=O) groups excluding carboxylic acids is 2. The van der Waals surface area contributed by atoms with Crippen molar-refractivity contribution >= 4 is 28.5 Å². The van der Waals surface area contributed by atoms with Gasteiger partial charge in [-0.2, -0.15) is 0 Å². The number of amides is 2. The van der Waals surface area contributed by atoms with Gasteiger partial charge < -0.3 is 14.8 Å². The number of hydrogen-bond acceptors (Lipinski definition) is 4. The summed E-state index contributed by atoms with van der Waals surface area (Å²) >= 11 is 0. The molecule has 0 saturated carbocycles. The minimum absolute atomic E-state index is 0.107. The Labute approximate surface area is 211 Å². The maximum atomic E-state index is 12.7. The first-order chi connectivity index (χ1) is 17.5. The molecule has 4 aromatic rings. The summed E-state index contributed by atoms with van der Waals surface area (Å²) in [7, 11) is 2.03. The number of hydrogen-bond donors (Lipinski definition) is 1. The molecule has 7 heteroatoms. The first-order valence-corrected chi connectivity index (χ1v) is 12.4. The Morgan fingerprint density at radius 3 is 2.39 bits per heavy atom. The van der Waals surface area contributed by atoms with Crippen LogP contribution in [0.15, 0.2) is 72.8 Å². The number of aromatic nitrogens is 2. The van der Waals surface area contributed by atoms with Gasteiger partial charge in [-0.1, -0.05) is 35.9 Å². The number of rotatable bonds is 6. The van der Waals surface area contributed by atoms with Crippen molar-refractivity contribution in [3.8, 4) is 0 Å². The summed E-state index contributed by atoms with van der Waals surface area (Å²) in [5, 5.41) is 2.99. The fraction of sp³-hybridized carbons (Fsp3) is 0.276. The summed E-state index contributed by atoms with van der Waals surface area (Å²) < 4.78 is 2.12. The van der Waals surface area contributed by atoms with Gasteiger partial charge in [-0.05, 0) is 49.4 Å². The molecular formula is C29H31N5O2. The molecule has 2 heterocycles. The van der Waals surface area contributed by atoms with E-state index in [1.165, 1.54) is 0 Å². The van der Waals surface area contributed by atoms with E-state index in [1.54, 1.807) is 0 Å². The van der Waals surface area contributed by atoms with Crippen molar-refractivity contribution in [3.05, 3.63) is 95.3 Å². The first-order valence-electron chi connectivity index (χ1n) is 12.4. The zero-order valence-corrected chi connectivity index (χ0v) is 20.8. The highest BCUT2D eigenvalue weighted by Crippen LogP contribution is 2.21. The minimum Gasteiger partial charge on any atom is -0.336 e. The van der Waals surface area contributed by atoms with E-state index < -0.39 is 0 Å². The van der Waals surface area contributed by atoms with E-state index in [1.807, 2.05) is 91.7 Å². The van der Waals surface area contributed by atoms with Crippen molar-refractivity contribution in [1.82, 2.24) is 19.4 Å². The molecule has 1 aromatic heterocycles. The SMILES string of the molecule is Cc1cccc(C(=O)Nc2ccc3c(c2)nc(CCN2CCN(C(=O)c4ccccc4)CC2)n3C)c1. The third kappa shape index (κ3) is 5.16. The molecule has 2 amide bonds. The fourth-order valence-corrected chi connectivity index (χ4v) is 4.74. The molecule has 1 N–H and O–H groups in total. The summed E-state index contributed by atoms with van der Waals surface area (Å²) in [6.45, 7) is 6.06. The number of imidazole rings is 1. The fourth-order valence-electron chi connectivity index (χ4n) is 4.74. The van der Waals surface area contributed by atoms with Crippen molar-refractivity contribution in [2.24, 2.45) is 7.05 Å². The van der Waals surface area contributed by atoms with Crippen molar-refractivity contribution < 1.29 is 9.59 Å². The second-order valence-corrected chi connectivity index (χ2v) is 9.36. The van der Waals surface area contributed by atoms with E-state index in [2.05, 4.69) is 14.8 Å². The number of piperazine rings is 1. The normalized spacial score (nSPS) is 14.2. The number of aryl methyl sites for hydroxylation is 2. The molecule has 0 atom stereocenters. The second kappa shape index (κ2) is 10.3. The van der Waals surface area contributed by atoms with E-state index in [9.17, 15) is 9.59 Å². The summed E-state index contributed by atoms with van der Waals surface area (Å²) in [5.74, 6) is 0.991. The molecule has 0 bridgehead atoms. The average Bonchev–Trinajstić information content (AvgIpc) is 3.22. The summed E-state index contributed by atoms with van der Waals surface area (Å²) in [6, 6.07) is 22.9. The second-order valence-electron chi connectivity index (χ2n) is 9.36. The lowest BCUT2D eigenvalue weighted by atomic mass is 10.1. The van der Waals surface area contributed by atoms with Crippen LogP contribution in [-0.2, 0) is 13.5 Å². The van der Waals surface area contributed by atoms with E-state index in [4.69, 9.17) is 4.98 Å². The van der Waals surface area contributed by atoms with E-state index in [0.29, 0.717) is 5.56 Å². The molecule has 0 radical (unpaired) electrons. The van der Waals surface area contributed by atoms with Crippen molar-refractivity contribution in [2.45, 2.75) is 13.3 Å². The van der Waals surface area contributed by atoms with Crippen LogP contribution in [0.5, 0.6) is 0 Å². The van der Waals surface area contributed by atoms with Crippen LogP contribution in [0.2, 0.25) is 0 Å². The van der Waals surface area contributed by atoms with Crippen LogP contribution in [0.3, 0.4) is 0 Å². The number of nitrogens with one attached hydrogen (secondary N) is 1. The third-order valence-electron chi connectivity index (χ3n) is 6.84. The van der Waals surface area contributed by atoms with E-state index in [-0.39, 0.29) is 11.8 Å². The smallest absolute Gasteiger partial charge is 0.255 e. The number of nitrogens with zero attached hydrogens (tertiary/aromatic N) is 4. The molecule has 184 valence electrons. The maximum absolute atomic E-state index is 12.7. The van der Waals surface area contributed by atoms with Gasteiger partial charge in [0.25, 0.3) is 11.8 Å². The van der Waals surface area contributed by atoms with Gasteiger partial charge in [0.05, 0.1) is 11.0 Å². The Bertz CT molecular complexity index is 1390. The van der Waals surface area contributed by atoms with E-state index >= 15 is 0 Å². The van der Waals surface area contributed by atoms with Gasteiger partial charge in [0.15, 0.2) is 0 Å². The highest BCUT2D eigenvalue weighted by Gasteiger charge is 2.22. The molecule has 1 fully saturated rings. The standard InChI is InChI=1S/C29H31N5O2/c1-21-7-6-10-23(19-21)28(35)30-24-11-12-26-25(20-24)31-27(32(26)2)13-14-33-15-17-34(18-16-33)29(36)22-8-4-3-5-9-22/h3-12,19-20H,13-18H2,1-2H3,(H,30,35). The van der Waals surface area contributed by atoms with Crippen LogP contribution in [-0.4, -0.2) is 63.9 Å². The third-order valence-corrected chi connectivity index (χ3v) is 6.84. The number of benzene rings is 3. The lowest BCUT2D eigenvalue weighted by Crippen LogP contribution is -2.49. The number of fused-ring (bicyclic) bond motifs is 1. The van der Waals surface area contributed by atoms with Crippen molar-refractivity contribution in [3.63, 3.8) is 0 Å². The van der Waals surface area contributed by atoms with Crippen LogP contribution in [0, 0.1) is 6.92 Å². The van der Waals surface area contributed by atoms with Gasteiger partial charge in [0.1, 0.15) is 5.82 Å². The quantitative estimate of drug-likeness (QED) is 0.450. The number of carbonyl (C=O) groups is 2. The Morgan fingerprint density at radius 2 is 1.64 bits per heavy atom. The van der Waals surface area contributed by atoms with Gasteiger partial charge in [0, 0.05) is 63.0 Å². The predicted octanol–water partition coefficient (Wildman–Crippen LogP) is 4.13. The Kier molecular flexibility index (Phi) is 6.82. The van der Waals surface area contributed by atoms with Gasteiger partial charge in [0.2, 0.25) is 0 Å². The van der Waals surface area contributed by atoms with Crippen molar-refractivity contribution in [2.75, 3.05) is 38.0 Å². The van der Waals surface area contributed by atoms with Crippen LogP contribution in [0.1, 0.15) is 32.1 Å². The molecular weight excluding hydrogens is 450 g/mol. The largest absolute Gasteiger partial charge is 0.336 e. The van der Waals surface area contributed by atoms with Gasteiger partial charge in [-0.3, -0.25) is 14.5 Å². The molecule has 1 aliphatic rings. The Morgan fingerprint density at radius 1 is 0.889 bits per heavy atom. The zero-order valence-electron chi connectivity index (χ0n) is 20.8. The molecule has 0 aliphatic carbocycles. The highest BCUT2D eigenvalue weighted by atomic mass is 16.2. The first kappa shape index (κ1) is 23.8. The highest BCUT2D eigenvalue weighted by molar-refractivity contribution is 6.05. The predicted molar refractivity (Wildman–Crippen MR) is 142 cm³/mol. The maximum Gasteiger partial charge on any atom is 0.255 e. The molecule has 5 rings (SSSR count). The van der Waals surface area contributed by atoms with Crippen LogP contribution in [0.4, 0.5) is 5.69 Å². The van der Waals surface area contributed by atoms with Crippen molar-refractivity contribution in [1.29, 1.82) is 0 Å². The zero-order chi connectivity index (χ0) is 25.1. The monoisotopic (exact) mass is 481 g/mol. The van der Waals surface area contributed by atoms with Gasteiger partial charge in [-0.15, -0.1) is 0 Å². The molecule has 3 aromatic carbocycles. The molecule has 7 nitrogen and oxygen atoms in total. The molecule has 1 saturated heterocycles. The summed E-state index contributed by atoms with van der Waals surface area (Å²) in [6.07, 6.45) is 0.822. The van der Waals surface area contributed by atoms with Gasteiger partial charge in [-0.25, -0.2) is 4.98 Å². The lowest BCUT2D eigenvalue weighted by Gasteiger charge is -2.34. The van der Waals surface area contributed by atoms with Crippen LogP contribution < -0.4 is 5.32 Å². The number of anilines is 1. The van der Waals surface area contributed by atoms with Crippen LogP contribution in [0.25, 0.3) is 11.0 Å². The average molecular weight is 482 g/mol. The van der Waals surface area contributed by atoms with Gasteiger partial charge >= 0.3 is 0 Å². The molecule has 36 heavy (non-hydrogen) atoms. The minimum atomic E-state index is -0.126. The van der Waals surface area contributed by atoms with Crippen LogP contribution >= 0.6 is 0 Å². The molecule has 1 aliphatic heterocycles. The Hall–Kier alpha value is -3.97. The topological polar surface area (TPSA) is 70.5 Å². The molecule has 0 spiro atoms. The Balaban J connectivity index is 1.18. The lowest BCUT2D eigenvalue weighted by molar-refractivity contribution is 0.0637. The van der Waals surface area contributed by atoms with E-state index in [0.717, 1.165) is 72.8 Å². The molecule has 0 unspecified atom stereocenters. The summed E-state index contributed by atoms with van der Waals surface area (Å²) in [5.41, 5.74) is 5.08.